The largest absolute Gasteiger partial charge is 0.376 e. The van der Waals surface area contributed by atoms with E-state index >= 15 is 0 Å². The van der Waals surface area contributed by atoms with Crippen LogP contribution in [-0.2, 0) is 27.4 Å². The van der Waals surface area contributed by atoms with Gasteiger partial charge in [0.1, 0.15) is 12.2 Å². The molecule has 2 aromatic rings. The highest BCUT2D eigenvalue weighted by Crippen LogP contribution is 2.16. The van der Waals surface area contributed by atoms with Gasteiger partial charge in [0.15, 0.2) is 0 Å². The Morgan fingerprint density at radius 3 is 1.88 bits per heavy atom. The van der Waals surface area contributed by atoms with Crippen molar-refractivity contribution in [2.24, 2.45) is 0 Å². The summed E-state index contributed by atoms with van der Waals surface area (Å²) in [5.41, 5.74) is 1.81. The smallest absolute Gasteiger partial charge is 0.267 e. The fraction of sp³-hybridized carbons (Fsp3) is 0.368. The van der Waals surface area contributed by atoms with Crippen molar-refractivity contribution in [2.75, 3.05) is 13.7 Å². The summed E-state index contributed by atoms with van der Waals surface area (Å²) in [7, 11) is 1.39. The Kier molecular flexibility index (Phi) is 7.82. The Bertz CT molecular complexity index is 563. The third-order valence-electron chi connectivity index (χ3n) is 3.60. The van der Waals surface area contributed by atoms with Gasteiger partial charge >= 0.3 is 0 Å². The van der Waals surface area contributed by atoms with Crippen LogP contribution < -0.4 is 0 Å². The van der Waals surface area contributed by atoms with Crippen molar-refractivity contribution in [2.45, 2.75) is 31.8 Å². The minimum atomic E-state index is -2.65. The van der Waals surface area contributed by atoms with E-state index in [1.807, 2.05) is 60.7 Å². The van der Waals surface area contributed by atoms with E-state index < -0.39 is 18.6 Å². The van der Waals surface area contributed by atoms with Crippen LogP contribution in [0.25, 0.3) is 0 Å². The molecule has 0 heterocycles. The lowest BCUT2D eigenvalue weighted by atomic mass is 10.2. The third kappa shape index (κ3) is 6.00. The van der Waals surface area contributed by atoms with Crippen molar-refractivity contribution >= 4 is 0 Å². The minimum Gasteiger partial charge on any atom is -0.376 e. The van der Waals surface area contributed by atoms with Crippen molar-refractivity contribution in [3.63, 3.8) is 0 Å². The van der Waals surface area contributed by atoms with Crippen LogP contribution in [0.15, 0.2) is 60.7 Å². The van der Waals surface area contributed by atoms with Gasteiger partial charge in [-0.05, 0) is 11.1 Å². The van der Waals surface area contributed by atoms with Gasteiger partial charge in [0.05, 0.1) is 19.8 Å². The molecule has 0 N–H and O–H groups in total. The highest BCUT2D eigenvalue weighted by Gasteiger charge is 2.31. The summed E-state index contributed by atoms with van der Waals surface area (Å²) in [6.07, 6.45) is -4.83. The summed E-state index contributed by atoms with van der Waals surface area (Å²) < 4.78 is 42.7. The van der Waals surface area contributed by atoms with Gasteiger partial charge in [-0.1, -0.05) is 60.7 Å². The van der Waals surface area contributed by atoms with E-state index in [0.717, 1.165) is 11.1 Å². The van der Waals surface area contributed by atoms with Crippen LogP contribution in [0.3, 0.4) is 0 Å². The summed E-state index contributed by atoms with van der Waals surface area (Å²) in [6.45, 7) is 0.485. The molecule has 2 rings (SSSR count). The average Bonchev–Trinajstić information content (AvgIpc) is 2.62. The summed E-state index contributed by atoms with van der Waals surface area (Å²) in [5, 5.41) is 0. The van der Waals surface area contributed by atoms with E-state index in [1.54, 1.807) is 0 Å². The van der Waals surface area contributed by atoms with Crippen LogP contribution in [0.4, 0.5) is 8.78 Å². The molecule has 0 spiro atoms. The van der Waals surface area contributed by atoms with Crippen LogP contribution in [0.2, 0.25) is 0 Å². The molecular weight excluding hydrogens is 314 g/mol. The van der Waals surface area contributed by atoms with Gasteiger partial charge in [0.2, 0.25) is 0 Å². The first-order valence-electron chi connectivity index (χ1n) is 7.79. The molecule has 0 saturated heterocycles. The molecule has 24 heavy (non-hydrogen) atoms. The van der Waals surface area contributed by atoms with Crippen molar-refractivity contribution in [1.82, 2.24) is 0 Å². The highest BCUT2D eigenvalue weighted by molar-refractivity contribution is 5.14. The molecule has 0 aliphatic heterocycles. The predicted octanol–water partition coefficient (Wildman–Crippen LogP) is 4.07. The second-order valence-electron chi connectivity index (χ2n) is 5.37. The average molecular weight is 336 g/mol. The first-order chi connectivity index (χ1) is 11.7. The fourth-order valence-electron chi connectivity index (χ4n) is 2.27. The number of benzene rings is 2. The molecule has 0 aliphatic carbocycles. The zero-order chi connectivity index (χ0) is 17.2. The molecule has 0 radical (unpaired) electrons. The van der Waals surface area contributed by atoms with Crippen LogP contribution in [0.5, 0.6) is 0 Å². The fourth-order valence-corrected chi connectivity index (χ4v) is 2.27. The molecule has 2 aromatic carbocycles. The normalized spacial score (nSPS) is 13.8. The molecule has 3 nitrogen and oxygen atoms in total. The number of halogens is 2. The van der Waals surface area contributed by atoms with E-state index in [9.17, 15) is 8.78 Å². The molecule has 0 amide bonds. The van der Waals surface area contributed by atoms with Crippen LogP contribution >= 0.6 is 0 Å². The molecular formula is C19H22F2O3. The van der Waals surface area contributed by atoms with Crippen molar-refractivity contribution in [3.05, 3.63) is 71.8 Å². The first kappa shape index (κ1) is 18.5. The van der Waals surface area contributed by atoms with Crippen LogP contribution in [0, 0.1) is 0 Å². The number of methoxy groups -OCH3 is 1. The Morgan fingerprint density at radius 2 is 1.38 bits per heavy atom. The lowest BCUT2D eigenvalue weighted by Crippen LogP contribution is -2.40. The molecule has 0 bridgehead atoms. The molecule has 2 unspecified atom stereocenters. The number of hydrogen-bond acceptors (Lipinski definition) is 3. The maximum atomic E-state index is 13.3. The predicted molar refractivity (Wildman–Crippen MR) is 87.9 cm³/mol. The lowest BCUT2D eigenvalue weighted by Gasteiger charge is -2.25. The summed E-state index contributed by atoms with van der Waals surface area (Å²) in [4.78, 5) is 0. The summed E-state index contributed by atoms with van der Waals surface area (Å²) in [6, 6.07) is 18.7. The van der Waals surface area contributed by atoms with Gasteiger partial charge in [0.25, 0.3) is 6.43 Å². The number of ether oxygens (including phenoxy) is 3. The maximum absolute atomic E-state index is 13.3. The number of alkyl halides is 2. The van der Waals surface area contributed by atoms with Gasteiger partial charge < -0.3 is 14.2 Å². The van der Waals surface area contributed by atoms with E-state index in [-0.39, 0.29) is 13.2 Å². The Balaban J connectivity index is 1.86. The van der Waals surface area contributed by atoms with Crippen LogP contribution in [0.1, 0.15) is 11.1 Å². The summed E-state index contributed by atoms with van der Waals surface area (Å²) >= 11 is 0. The molecule has 0 aromatic heterocycles. The molecule has 5 heteroatoms. The second kappa shape index (κ2) is 10.1. The van der Waals surface area contributed by atoms with Crippen LogP contribution in [-0.4, -0.2) is 32.4 Å². The zero-order valence-corrected chi connectivity index (χ0v) is 13.6. The molecule has 0 fully saturated rings. The van der Waals surface area contributed by atoms with E-state index in [2.05, 4.69) is 0 Å². The first-order valence-corrected chi connectivity index (χ1v) is 7.79. The van der Waals surface area contributed by atoms with E-state index in [0.29, 0.717) is 6.61 Å². The molecule has 0 saturated carbocycles. The Hall–Kier alpha value is -1.82. The number of hydrogen-bond donors (Lipinski definition) is 0. The van der Waals surface area contributed by atoms with E-state index in [1.165, 1.54) is 7.11 Å². The lowest BCUT2D eigenvalue weighted by molar-refractivity contribution is -0.149. The molecule has 2 atom stereocenters. The topological polar surface area (TPSA) is 27.7 Å². The Labute approximate surface area is 141 Å². The second-order valence-corrected chi connectivity index (χ2v) is 5.37. The number of rotatable bonds is 10. The van der Waals surface area contributed by atoms with Gasteiger partial charge in [-0.25, -0.2) is 8.78 Å². The summed E-state index contributed by atoms with van der Waals surface area (Å²) in [5.74, 6) is 0. The van der Waals surface area contributed by atoms with Gasteiger partial charge in [-0.3, -0.25) is 0 Å². The van der Waals surface area contributed by atoms with E-state index in [4.69, 9.17) is 14.2 Å². The maximum Gasteiger partial charge on any atom is 0.267 e. The van der Waals surface area contributed by atoms with Crippen molar-refractivity contribution in [3.8, 4) is 0 Å². The molecule has 0 aliphatic rings. The van der Waals surface area contributed by atoms with Gasteiger partial charge in [-0.2, -0.15) is 0 Å². The molecule has 130 valence electrons. The highest BCUT2D eigenvalue weighted by atomic mass is 19.3. The van der Waals surface area contributed by atoms with Gasteiger partial charge in [-0.15, -0.1) is 0 Å². The van der Waals surface area contributed by atoms with Gasteiger partial charge in [0, 0.05) is 7.11 Å². The van der Waals surface area contributed by atoms with Crippen molar-refractivity contribution < 1.29 is 23.0 Å². The minimum absolute atomic E-state index is 0.0369. The van der Waals surface area contributed by atoms with Crippen molar-refractivity contribution in [1.29, 1.82) is 0 Å². The Morgan fingerprint density at radius 1 is 0.833 bits per heavy atom. The SMILES string of the molecule is COC(COCc1ccccc1)C(OCc1ccccc1)C(F)F. The third-order valence-corrected chi connectivity index (χ3v) is 3.60. The quantitative estimate of drug-likeness (QED) is 0.655. The monoisotopic (exact) mass is 336 g/mol. The zero-order valence-electron chi connectivity index (χ0n) is 13.6. The standard InChI is InChI=1S/C19H22F2O3/c1-22-17(14-23-12-15-8-4-2-5-9-15)18(19(20)21)24-13-16-10-6-3-7-11-16/h2-11,17-19H,12-14H2,1H3.